The number of halogens is 3. The molecule has 1 aromatic carbocycles. The van der Waals surface area contributed by atoms with Gasteiger partial charge in [0.15, 0.2) is 0 Å². The largest absolute Gasteiger partial charge is 0.333 e. The molecule has 0 radical (unpaired) electrons. The van der Waals surface area contributed by atoms with E-state index in [4.69, 9.17) is 11.6 Å². The SMILES string of the molecule is CC1NCCN(C(=O)c2cncc(-c3ccc(Cl)cc3)c2)C1C.Cl.Cl. The molecule has 3 rings (SSSR count). The van der Waals surface area contributed by atoms with E-state index in [1.165, 1.54) is 0 Å². The summed E-state index contributed by atoms with van der Waals surface area (Å²) in [7, 11) is 0. The number of hydrogen-bond acceptors (Lipinski definition) is 3. The third kappa shape index (κ3) is 4.85. The normalized spacial score (nSPS) is 19.6. The quantitative estimate of drug-likeness (QED) is 0.823. The summed E-state index contributed by atoms with van der Waals surface area (Å²) in [5.74, 6) is 0.0363. The lowest BCUT2D eigenvalue weighted by Gasteiger charge is -2.38. The van der Waals surface area contributed by atoms with Crippen molar-refractivity contribution < 1.29 is 4.79 Å². The second-order valence-corrected chi connectivity index (χ2v) is 6.39. The molecule has 1 aliphatic rings. The molecule has 1 amide bonds. The Bertz CT molecular complexity index is 709. The average Bonchev–Trinajstić information content (AvgIpc) is 2.57. The second kappa shape index (κ2) is 9.39. The first kappa shape index (κ1) is 21.7. The van der Waals surface area contributed by atoms with Crippen molar-refractivity contribution in [2.75, 3.05) is 13.1 Å². The molecule has 1 aliphatic heterocycles. The molecule has 1 fully saturated rings. The number of nitrogens with zero attached hydrogens (tertiary/aromatic N) is 2. The van der Waals surface area contributed by atoms with Gasteiger partial charge < -0.3 is 10.2 Å². The Morgan fingerprint density at radius 3 is 2.52 bits per heavy atom. The summed E-state index contributed by atoms with van der Waals surface area (Å²) >= 11 is 5.93. The van der Waals surface area contributed by atoms with Gasteiger partial charge in [0.25, 0.3) is 5.91 Å². The molecule has 1 aromatic heterocycles. The van der Waals surface area contributed by atoms with Crippen molar-refractivity contribution in [3.63, 3.8) is 0 Å². The Morgan fingerprint density at radius 2 is 1.84 bits per heavy atom. The van der Waals surface area contributed by atoms with E-state index < -0.39 is 0 Å². The topological polar surface area (TPSA) is 45.2 Å². The minimum absolute atomic E-state index is 0. The first-order chi connectivity index (χ1) is 11.1. The zero-order chi connectivity index (χ0) is 16.4. The highest BCUT2D eigenvalue weighted by atomic mass is 35.5. The second-order valence-electron chi connectivity index (χ2n) is 5.95. The summed E-state index contributed by atoms with van der Waals surface area (Å²) in [4.78, 5) is 19.0. The van der Waals surface area contributed by atoms with Gasteiger partial charge in [0.05, 0.1) is 5.56 Å². The molecular weight excluding hydrogens is 381 g/mol. The van der Waals surface area contributed by atoms with Crippen LogP contribution in [-0.4, -0.2) is 41.0 Å². The molecule has 0 saturated carbocycles. The highest BCUT2D eigenvalue weighted by Gasteiger charge is 2.28. The Labute approximate surface area is 165 Å². The number of piperazine rings is 1. The number of aromatic nitrogens is 1. The van der Waals surface area contributed by atoms with Crippen molar-refractivity contribution in [3.8, 4) is 11.1 Å². The Morgan fingerprint density at radius 1 is 1.16 bits per heavy atom. The lowest BCUT2D eigenvalue weighted by atomic mass is 10.0. The molecule has 1 N–H and O–H groups in total. The highest BCUT2D eigenvalue weighted by molar-refractivity contribution is 6.30. The predicted molar refractivity (Wildman–Crippen MR) is 107 cm³/mol. The Hall–Kier alpha value is -1.33. The predicted octanol–water partition coefficient (Wildman–Crippen LogP) is 4.07. The van der Waals surface area contributed by atoms with Gasteiger partial charge in [0.1, 0.15) is 0 Å². The van der Waals surface area contributed by atoms with Crippen LogP contribution < -0.4 is 5.32 Å². The maximum Gasteiger partial charge on any atom is 0.255 e. The van der Waals surface area contributed by atoms with Crippen molar-refractivity contribution in [2.24, 2.45) is 0 Å². The maximum absolute atomic E-state index is 12.8. The van der Waals surface area contributed by atoms with E-state index in [1.54, 1.807) is 12.4 Å². The number of hydrogen-bond donors (Lipinski definition) is 1. The Balaban J connectivity index is 0.00000156. The summed E-state index contributed by atoms with van der Waals surface area (Å²) in [5.41, 5.74) is 2.54. The van der Waals surface area contributed by atoms with E-state index in [9.17, 15) is 4.79 Å². The van der Waals surface area contributed by atoms with Gasteiger partial charge in [-0.1, -0.05) is 23.7 Å². The number of amides is 1. The molecule has 0 aliphatic carbocycles. The minimum Gasteiger partial charge on any atom is -0.333 e. The van der Waals surface area contributed by atoms with Crippen LogP contribution in [0.25, 0.3) is 11.1 Å². The smallest absolute Gasteiger partial charge is 0.255 e. The molecule has 136 valence electrons. The standard InChI is InChI=1S/C18H20ClN3O.2ClH/c1-12-13(2)22(8-7-21-12)18(23)16-9-15(10-20-11-16)14-3-5-17(19)6-4-14;;/h3-6,9-13,21H,7-8H2,1-2H3;2*1H. The fraction of sp³-hybridized carbons (Fsp3) is 0.333. The van der Waals surface area contributed by atoms with Crippen molar-refractivity contribution >= 4 is 42.3 Å². The van der Waals surface area contributed by atoms with Gasteiger partial charge in [0.2, 0.25) is 0 Å². The van der Waals surface area contributed by atoms with Crippen LogP contribution >= 0.6 is 36.4 Å². The number of nitrogens with one attached hydrogen (secondary N) is 1. The molecule has 0 bridgehead atoms. The van der Waals surface area contributed by atoms with E-state index in [2.05, 4.69) is 24.1 Å². The summed E-state index contributed by atoms with van der Waals surface area (Å²) in [5, 5.41) is 4.08. The van der Waals surface area contributed by atoms with Crippen molar-refractivity contribution in [1.29, 1.82) is 0 Å². The van der Waals surface area contributed by atoms with E-state index in [0.717, 1.165) is 24.2 Å². The van der Waals surface area contributed by atoms with Crippen molar-refractivity contribution in [2.45, 2.75) is 25.9 Å². The molecule has 2 heterocycles. The van der Waals surface area contributed by atoms with Crippen molar-refractivity contribution in [1.82, 2.24) is 15.2 Å². The molecule has 1 saturated heterocycles. The van der Waals surface area contributed by atoms with Gasteiger partial charge in [0, 0.05) is 48.2 Å². The van der Waals surface area contributed by atoms with Crippen LogP contribution in [0.2, 0.25) is 5.02 Å². The summed E-state index contributed by atoms with van der Waals surface area (Å²) < 4.78 is 0. The molecule has 2 atom stereocenters. The van der Waals surface area contributed by atoms with Crippen LogP contribution in [0.4, 0.5) is 0 Å². The fourth-order valence-electron chi connectivity index (χ4n) is 2.87. The average molecular weight is 403 g/mol. The summed E-state index contributed by atoms with van der Waals surface area (Å²) in [6.45, 7) is 5.72. The molecule has 0 spiro atoms. The zero-order valence-corrected chi connectivity index (χ0v) is 16.5. The van der Waals surface area contributed by atoms with Crippen LogP contribution in [0.5, 0.6) is 0 Å². The first-order valence-electron chi connectivity index (χ1n) is 7.81. The maximum atomic E-state index is 12.8. The molecule has 7 heteroatoms. The molecule has 25 heavy (non-hydrogen) atoms. The van der Waals surface area contributed by atoms with Crippen molar-refractivity contribution in [3.05, 3.63) is 53.3 Å². The van der Waals surface area contributed by atoms with E-state index in [1.807, 2.05) is 35.2 Å². The number of pyridine rings is 1. The van der Waals surface area contributed by atoms with Gasteiger partial charge in [-0.2, -0.15) is 0 Å². The monoisotopic (exact) mass is 401 g/mol. The van der Waals surface area contributed by atoms with Gasteiger partial charge in [-0.25, -0.2) is 0 Å². The third-order valence-electron chi connectivity index (χ3n) is 4.46. The summed E-state index contributed by atoms with van der Waals surface area (Å²) in [6.07, 6.45) is 3.41. The van der Waals surface area contributed by atoms with Crippen LogP contribution in [-0.2, 0) is 0 Å². The number of benzene rings is 1. The van der Waals surface area contributed by atoms with Crippen LogP contribution in [0.1, 0.15) is 24.2 Å². The van der Waals surface area contributed by atoms with Crippen LogP contribution in [0.3, 0.4) is 0 Å². The van der Waals surface area contributed by atoms with Crippen LogP contribution in [0.15, 0.2) is 42.7 Å². The van der Waals surface area contributed by atoms with Gasteiger partial charge in [-0.3, -0.25) is 9.78 Å². The first-order valence-corrected chi connectivity index (χ1v) is 8.19. The van der Waals surface area contributed by atoms with Gasteiger partial charge >= 0.3 is 0 Å². The fourth-order valence-corrected chi connectivity index (χ4v) is 2.99. The molecule has 2 unspecified atom stereocenters. The van der Waals surface area contributed by atoms with Crippen LogP contribution in [0, 0.1) is 0 Å². The number of rotatable bonds is 2. The Kier molecular flexibility index (Phi) is 8.16. The highest BCUT2D eigenvalue weighted by Crippen LogP contribution is 2.23. The minimum atomic E-state index is 0. The molecule has 2 aromatic rings. The van der Waals surface area contributed by atoms with E-state index >= 15 is 0 Å². The lowest BCUT2D eigenvalue weighted by molar-refractivity contribution is 0.0602. The number of carbonyl (C=O) groups is 1. The number of carbonyl (C=O) groups excluding carboxylic acids is 1. The molecular formula is C18H22Cl3N3O. The lowest BCUT2D eigenvalue weighted by Crippen LogP contribution is -2.57. The van der Waals surface area contributed by atoms with Gasteiger partial charge in [-0.05, 0) is 37.6 Å². The van der Waals surface area contributed by atoms with Gasteiger partial charge in [-0.15, -0.1) is 24.8 Å². The molecule has 4 nitrogen and oxygen atoms in total. The third-order valence-corrected chi connectivity index (χ3v) is 4.71. The zero-order valence-electron chi connectivity index (χ0n) is 14.1. The van der Waals surface area contributed by atoms with E-state index in [-0.39, 0.29) is 36.8 Å². The summed E-state index contributed by atoms with van der Waals surface area (Å²) in [6, 6.07) is 9.90. The van der Waals surface area contributed by atoms with E-state index in [0.29, 0.717) is 16.6 Å².